The van der Waals surface area contributed by atoms with Gasteiger partial charge in [0.05, 0.1) is 17.2 Å². The van der Waals surface area contributed by atoms with Gasteiger partial charge in [0.1, 0.15) is 5.75 Å². The quantitative estimate of drug-likeness (QED) is 0.454. The number of Topliss-reactive ketones (excluding diaryl/α,β-unsaturated/α-hetero) is 1. The van der Waals surface area contributed by atoms with Crippen molar-refractivity contribution >= 4 is 38.4 Å². The minimum atomic E-state index is -4.88. The molecule has 13 heteroatoms. The second-order valence-corrected chi connectivity index (χ2v) is 10.7. The first-order chi connectivity index (χ1) is 16.9. The molecule has 8 nitrogen and oxygen atoms in total. The van der Waals surface area contributed by atoms with Crippen molar-refractivity contribution in [1.82, 2.24) is 9.80 Å². The van der Waals surface area contributed by atoms with Crippen LogP contribution in [0.5, 0.6) is 5.75 Å². The van der Waals surface area contributed by atoms with Crippen molar-refractivity contribution in [2.45, 2.75) is 18.2 Å². The molecule has 2 aromatic carbocycles. The van der Waals surface area contributed by atoms with Crippen LogP contribution in [0.1, 0.15) is 17.3 Å². The van der Waals surface area contributed by atoms with Gasteiger partial charge in [0, 0.05) is 37.4 Å². The number of rotatable bonds is 10. The lowest BCUT2D eigenvalue weighted by atomic mass is 10.1. The number of alkyl halides is 3. The van der Waals surface area contributed by atoms with E-state index in [-0.39, 0.29) is 27.2 Å². The number of halogens is 3. The van der Waals surface area contributed by atoms with Gasteiger partial charge in [0.15, 0.2) is 5.78 Å². The molecular weight excluding hydrogens is 519 g/mol. The number of hydrogen-bond donors (Lipinski definition) is 1. The predicted molar refractivity (Wildman–Crippen MR) is 131 cm³/mol. The number of anilines is 1. The zero-order chi connectivity index (χ0) is 26.3. The molecule has 2 aromatic rings. The Labute approximate surface area is 211 Å². The Bertz CT molecular complexity index is 1150. The molecule has 1 fully saturated rings. The molecule has 0 amide bonds. The van der Waals surface area contributed by atoms with Crippen LogP contribution < -0.4 is 9.46 Å². The summed E-state index contributed by atoms with van der Waals surface area (Å²) in [5.74, 6) is -0.830. The van der Waals surface area contributed by atoms with Crippen LogP contribution in [0.4, 0.5) is 18.9 Å². The van der Waals surface area contributed by atoms with Crippen LogP contribution in [-0.4, -0.2) is 80.5 Å². The molecule has 0 unspecified atom stereocenters. The summed E-state index contributed by atoms with van der Waals surface area (Å²) >= 11 is 0.960. The molecule has 36 heavy (non-hydrogen) atoms. The molecule has 0 aromatic heterocycles. The maximum atomic E-state index is 12.5. The van der Waals surface area contributed by atoms with E-state index in [1.54, 1.807) is 0 Å². The number of nitrogens with one attached hydrogen (secondary N) is 1. The molecule has 0 aliphatic carbocycles. The van der Waals surface area contributed by atoms with Gasteiger partial charge in [-0.2, -0.15) is 0 Å². The summed E-state index contributed by atoms with van der Waals surface area (Å²) < 4.78 is 67.8. The van der Waals surface area contributed by atoms with E-state index in [1.165, 1.54) is 24.3 Å². The number of sulfonamides is 1. The third-order valence-electron chi connectivity index (χ3n) is 5.46. The fraction of sp³-hybridized carbons (Fsp3) is 0.391. The van der Waals surface area contributed by atoms with Gasteiger partial charge in [-0.25, -0.2) is 8.42 Å². The SMILES string of the molecule is CCN1CCN(CC(=O)SCC(=O)c2ccc(NS(=O)(=O)c3ccc(OC(F)(F)F)cc3)cc2)CC1. The number of nitrogens with zero attached hydrogens (tertiary/aromatic N) is 2. The van der Waals surface area contributed by atoms with Crippen molar-refractivity contribution in [2.75, 3.05) is 49.7 Å². The third-order valence-corrected chi connectivity index (χ3v) is 7.71. The molecular formula is C23H26F3N3O5S2. The highest BCUT2D eigenvalue weighted by Gasteiger charge is 2.31. The number of thioether (sulfide) groups is 1. The minimum Gasteiger partial charge on any atom is -0.406 e. The first-order valence-corrected chi connectivity index (χ1v) is 13.5. The molecule has 1 N–H and O–H groups in total. The average molecular weight is 546 g/mol. The maximum Gasteiger partial charge on any atom is 0.573 e. The van der Waals surface area contributed by atoms with E-state index in [0.29, 0.717) is 12.1 Å². The normalized spacial score (nSPS) is 15.4. The zero-order valence-electron chi connectivity index (χ0n) is 19.5. The Balaban J connectivity index is 1.49. The Morgan fingerprint density at radius 3 is 2.11 bits per heavy atom. The number of carbonyl (C=O) groups is 2. The number of carbonyl (C=O) groups excluding carboxylic acids is 2. The lowest BCUT2D eigenvalue weighted by Crippen LogP contribution is -2.47. The van der Waals surface area contributed by atoms with E-state index in [9.17, 15) is 31.2 Å². The van der Waals surface area contributed by atoms with Crippen LogP contribution in [0.2, 0.25) is 0 Å². The van der Waals surface area contributed by atoms with Gasteiger partial charge in [0.25, 0.3) is 10.0 Å². The summed E-state index contributed by atoms with van der Waals surface area (Å²) in [5.41, 5.74) is 0.487. The van der Waals surface area contributed by atoms with Crippen molar-refractivity contribution in [2.24, 2.45) is 0 Å². The minimum absolute atomic E-state index is 0.0226. The molecule has 1 saturated heterocycles. The van der Waals surface area contributed by atoms with Crippen LogP contribution in [0.3, 0.4) is 0 Å². The topological polar surface area (TPSA) is 96.0 Å². The molecule has 0 radical (unpaired) electrons. The predicted octanol–water partition coefficient (Wildman–Crippen LogP) is 3.47. The Kier molecular flexibility index (Phi) is 9.39. The van der Waals surface area contributed by atoms with Crippen molar-refractivity contribution < 1.29 is 35.9 Å². The van der Waals surface area contributed by atoms with Crippen LogP contribution >= 0.6 is 11.8 Å². The maximum absolute atomic E-state index is 12.5. The van der Waals surface area contributed by atoms with E-state index in [1.807, 2.05) is 0 Å². The fourth-order valence-electron chi connectivity index (χ4n) is 3.48. The zero-order valence-corrected chi connectivity index (χ0v) is 21.1. The van der Waals surface area contributed by atoms with Crippen LogP contribution in [0, 0.1) is 0 Å². The van der Waals surface area contributed by atoms with Gasteiger partial charge >= 0.3 is 6.36 Å². The average Bonchev–Trinajstić information content (AvgIpc) is 2.82. The number of likely N-dealkylation sites (N-methyl/N-ethyl adjacent to an activating group) is 1. The van der Waals surface area contributed by atoms with Gasteiger partial charge in [-0.05, 0) is 55.1 Å². The lowest BCUT2D eigenvalue weighted by Gasteiger charge is -2.33. The molecule has 0 spiro atoms. The Hall–Kier alpha value is -2.61. The molecule has 0 bridgehead atoms. The molecule has 0 atom stereocenters. The number of benzene rings is 2. The molecule has 1 heterocycles. The smallest absolute Gasteiger partial charge is 0.406 e. The van der Waals surface area contributed by atoms with Crippen molar-refractivity contribution in [1.29, 1.82) is 0 Å². The number of ether oxygens (including phenoxy) is 1. The number of piperazine rings is 1. The number of hydrogen-bond acceptors (Lipinski definition) is 8. The fourth-order valence-corrected chi connectivity index (χ4v) is 5.27. The van der Waals surface area contributed by atoms with Gasteiger partial charge in [-0.3, -0.25) is 19.2 Å². The van der Waals surface area contributed by atoms with Gasteiger partial charge < -0.3 is 9.64 Å². The van der Waals surface area contributed by atoms with Crippen molar-refractivity contribution in [3.8, 4) is 5.75 Å². The summed E-state index contributed by atoms with van der Waals surface area (Å²) in [6, 6.07) is 9.43. The summed E-state index contributed by atoms with van der Waals surface area (Å²) in [4.78, 5) is 28.8. The summed E-state index contributed by atoms with van der Waals surface area (Å²) in [6.45, 7) is 6.84. The second kappa shape index (κ2) is 12.1. The Morgan fingerprint density at radius 2 is 1.56 bits per heavy atom. The highest BCUT2D eigenvalue weighted by atomic mass is 32.2. The first-order valence-electron chi connectivity index (χ1n) is 11.1. The van der Waals surface area contributed by atoms with E-state index in [0.717, 1.165) is 68.8 Å². The monoisotopic (exact) mass is 545 g/mol. The lowest BCUT2D eigenvalue weighted by molar-refractivity contribution is -0.274. The molecule has 1 aliphatic rings. The van der Waals surface area contributed by atoms with E-state index < -0.39 is 22.1 Å². The first kappa shape index (κ1) is 28.0. The molecule has 1 aliphatic heterocycles. The molecule has 0 saturated carbocycles. The van der Waals surface area contributed by atoms with Crippen molar-refractivity contribution in [3.05, 3.63) is 54.1 Å². The van der Waals surface area contributed by atoms with Gasteiger partial charge in [-0.15, -0.1) is 13.2 Å². The molecule has 3 rings (SSSR count). The summed E-state index contributed by atoms with van der Waals surface area (Å²) in [7, 11) is -4.08. The van der Waals surface area contributed by atoms with Gasteiger partial charge in [0.2, 0.25) is 5.12 Å². The van der Waals surface area contributed by atoms with E-state index in [2.05, 4.69) is 26.2 Å². The summed E-state index contributed by atoms with van der Waals surface area (Å²) in [6.07, 6.45) is -4.88. The van der Waals surface area contributed by atoms with E-state index in [4.69, 9.17) is 0 Å². The second-order valence-electron chi connectivity index (χ2n) is 8.00. The van der Waals surface area contributed by atoms with Gasteiger partial charge in [-0.1, -0.05) is 18.7 Å². The standard InChI is InChI=1S/C23H26F3N3O5S2/c1-2-28-11-13-29(14-12-28)15-22(31)35-16-21(30)17-3-5-18(6-4-17)27-36(32,33)20-9-7-19(8-10-20)34-23(24,25)26/h3-10,27H,2,11-16H2,1H3. The van der Waals surface area contributed by atoms with Crippen LogP contribution in [-0.2, 0) is 14.8 Å². The third kappa shape index (κ3) is 8.50. The largest absolute Gasteiger partial charge is 0.573 e. The highest BCUT2D eigenvalue weighted by Crippen LogP contribution is 2.25. The van der Waals surface area contributed by atoms with Crippen LogP contribution in [0.15, 0.2) is 53.4 Å². The Morgan fingerprint density at radius 1 is 0.972 bits per heavy atom. The van der Waals surface area contributed by atoms with E-state index >= 15 is 0 Å². The summed E-state index contributed by atoms with van der Waals surface area (Å²) in [5, 5.41) is -0.0793. The van der Waals surface area contributed by atoms with Crippen LogP contribution in [0.25, 0.3) is 0 Å². The highest BCUT2D eigenvalue weighted by molar-refractivity contribution is 8.14. The van der Waals surface area contributed by atoms with Crippen molar-refractivity contribution in [3.63, 3.8) is 0 Å². The molecule has 196 valence electrons. The number of ketones is 1.